The molecule has 0 saturated heterocycles. The summed E-state index contributed by atoms with van der Waals surface area (Å²) >= 11 is 0. The van der Waals surface area contributed by atoms with E-state index >= 15 is 0 Å². The maximum atomic E-state index is 4.25. The van der Waals surface area contributed by atoms with Crippen molar-refractivity contribution in [1.29, 1.82) is 0 Å². The van der Waals surface area contributed by atoms with Crippen molar-refractivity contribution in [1.82, 2.24) is 0 Å². The van der Waals surface area contributed by atoms with Gasteiger partial charge in [-0.25, -0.2) is 0 Å². The van der Waals surface area contributed by atoms with Crippen molar-refractivity contribution in [3.63, 3.8) is 0 Å². The van der Waals surface area contributed by atoms with Gasteiger partial charge in [0.2, 0.25) is 0 Å². The second-order valence-corrected chi connectivity index (χ2v) is 5.72. The molecule has 0 aliphatic heterocycles. The summed E-state index contributed by atoms with van der Waals surface area (Å²) in [6, 6.07) is 31.0. The molecule has 0 radical (unpaired) electrons. The minimum Gasteiger partial charge on any atom is -0.388 e. The molecule has 1 heteroatoms. The highest BCUT2D eigenvalue weighted by Gasteiger charge is 1.91. The summed E-state index contributed by atoms with van der Waals surface area (Å²) in [6.45, 7) is 10.0. The Morgan fingerprint density at radius 1 is 0.500 bits per heavy atom. The fourth-order valence-corrected chi connectivity index (χ4v) is 2.02. The second kappa shape index (κ2) is 24.1. The number of rotatable bonds is 2. The molecule has 3 aromatic carbocycles. The number of methoxy groups -OCH3 is 1. The highest BCUT2D eigenvalue weighted by molar-refractivity contribution is 5.62. The van der Waals surface area contributed by atoms with Crippen LogP contribution in [0.25, 0.3) is 17.2 Å². The molecule has 162 valence electrons. The van der Waals surface area contributed by atoms with Gasteiger partial charge in [-0.2, -0.15) is 0 Å². The van der Waals surface area contributed by atoms with Gasteiger partial charge in [0.25, 0.3) is 0 Å². The van der Waals surface area contributed by atoms with E-state index in [1.165, 1.54) is 16.7 Å². The van der Waals surface area contributed by atoms with Crippen molar-refractivity contribution in [2.24, 2.45) is 0 Å². The van der Waals surface area contributed by atoms with Gasteiger partial charge in [0.1, 0.15) is 0 Å². The van der Waals surface area contributed by atoms with Crippen molar-refractivity contribution in [3.05, 3.63) is 115 Å². The molecule has 0 heterocycles. The van der Waals surface area contributed by atoms with E-state index in [0.29, 0.717) is 0 Å². The van der Waals surface area contributed by atoms with E-state index in [2.05, 4.69) is 71.5 Å². The molecule has 0 aromatic heterocycles. The normalized spacial score (nSPS) is 9.03. The van der Waals surface area contributed by atoms with E-state index in [0.717, 1.165) is 0 Å². The molecule has 0 atom stereocenters. The quantitative estimate of drug-likeness (QED) is 0.387. The van der Waals surface area contributed by atoms with Crippen molar-refractivity contribution >= 4 is 6.08 Å². The molecule has 0 bridgehead atoms. The van der Waals surface area contributed by atoms with Crippen LogP contribution in [0.15, 0.2) is 109 Å². The van der Waals surface area contributed by atoms with Gasteiger partial charge in [0, 0.05) is 14.2 Å². The maximum Gasteiger partial charge on any atom is 0.0351 e. The van der Waals surface area contributed by atoms with Crippen LogP contribution < -0.4 is 0 Å². The molecule has 1 nitrogen and oxygen atoms in total. The minimum atomic E-state index is 1.26. The van der Waals surface area contributed by atoms with Crippen LogP contribution in [0.2, 0.25) is 0 Å². The average molecular weight is 405 g/mol. The van der Waals surface area contributed by atoms with Gasteiger partial charge in [-0.3, -0.25) is 0 Å². The predicted octanol–water partition coefficient (Wildman–Crippen LogP) is 8.94. The Balaban J connectivity index is 0. The molecule has 0 saturated carbocycles. The van der Waals surface area contributed by atoms with E-state index in [1.54, 1.807) is 14.2 Å². The molecule has 0 fully saturated rings. The zero-order valence-electron chi connectivity index (χ0n) is 19.9. The molecule has 3 aromatic rings. The largest absolute Gasteiger partial charge is 0.388 e. The number of hydrogen-bond acceptors (Lipinski definition) is 1. The standard InChI is InChI=1S/C12H10.C9H10.C4H8.C2H6O.C2H6/c1-3-7-11(8-4-1)12-9-5-2-6-10-12;1-2-6-9-7-4-3-5-8-9;1-3-4-2;1-3-2;1-2/h1-10H;2-8H,1H3;3-4H,1-2H3;1-2H3;1-2H3. The van der Waals surface area contributed by atoms with E-state index in [4.69, 9.17) is 0 Å². The summed E-state index contributed by atoms with van der Waals surface area (Å²) in [7, 11) is 3.25. The van der Waals surface area contributed by atoms with Gasteiger partial charge >= 0.3 is 0 Å². The van der Waals surface area contributed by atoms with Crippen LogP contribution in [0.3, 0.4) is 0 Å². The van der Waals surface area contributed by atoms with Gasteiger partial charge in [-0.1, -0.05) is 129 Å². The fraction of sp³-hybridized carbons (Fsp3) is 0.241. The molecule has 0 aliphatic rings. The Morgan fingerprint density at radius 2 is 0.800 bits per heavy atom. The number of hydrogen-bond donors (Lipinski definition) is 0. The maximum absolute atomic E-state index is 4.25. The number of ether oxygens (including phenoxy) is 1. The molecule has 0 spiro atoms. The van der Waals surface area contributed by atoms with Crippen LogP contribution in [0.1, 0.15) is 40.2 Å². The molecule has 0 unspecified atom stereocenters. The van der Waals surface area contributed by atoms with E-state index in [-0.39, 0.29) is 0 Å². The number of benzene rings is 3. The SMILES string of the molecule is CC.CC=CC.CC=Cc1ccccc1.COC.c1ccc(-c2ccccc2)cc1. The Bertz CT molecular complexity index is 688. The Hall–Kier alpha value is -2.90. The van der Waals surface area contributed by atoms with Crippen LogP contribution in [-0.4, -0.2) is 14.2 Å². The lowest BCUT2D eigenvalue weighted by molar-refractivity contribution is 0.277. The van der Waals surface area contributed by atoms with Gasteiger partial charge < -0.3 is 4.74 Å². The number of allylic oxidation sites excluding steroid dienone is 3. The van der Waals surface area contributed by atoms with E-state index < -0.39 is 0 Å². The van der Waals surface area contributed by atoms with Crippen molar-refractivity contribution in [3.8, 4) is 11.1 Å². The summed E-state index contributed by atoms with van der Waals surface area (Å²) in [5.74, 6) is 0. The summed E-state index contributed by atoms with van der Waals surface area (Å²) in [5.41, 5.74) is 3.82. The lowest BCUT2D eigenvalue weighted by Gasteiger charge is -1.98. The van der Waals surface area contributed by atoms with Crippen LogP contribution in [0, 0.1) is 0 Å². The summed E-state index contributed by atoms with van der Waals surface area (Å²) in [5, 5.41) is 0. The molecule has 0 amide bonds. The summed E-state index contributed by atoms with van der Waals surface area (Å²) < 4.78 is 4.25. The monoisotopic (exact) mass is 404 g/mol. The summed E-state index contributed by atoms with van der Waals surface area (Å²) in [6.07, 6.45) is 8.12. The van der Waals surface area contributed by atoms with Crippen LogP contribution in [0.5, 0.6) is 0 Å². The van der Waals surface area contributed by atoms with Gasteiger partial charge in [-0.05, 0) is 37.5 Å². The Kier molecular flexibility index (Phi) is 23.6. The zero-order chi connectivity index (χ0) is 22.9. The van der Waals surface area contributed by atoms with Crippen molar-refractivity contribution in [2.45, 2.75) is 34.6 Å². The Morgan fingerprint density at radius 3 is 1.07 bits per heavy atom. The molecule has 30 heavy (non-hydrogen) atoms. The Labute approximate surface area is 185 Å². The minimum absolute atomic E-state index is 1.26. The van der Waals surface area contributed by atoms with Gasteiger partial charge in [-0.15, -0.1) is 0 Å². The van der Waals surface area contributed by atoms with Gasteiger partial charge in [0.05, 0.1) is 0 Å². The molecular formula is C29H40O. The smallest absolute Gasteiger partial charge is 0.0351 e. The molecule has 3 rings (SSSR count). The average Bonchev–Trinajstić information content (AvgIpc) is 2.83. The topological polar surface area (TPSA) is 9.23 Å². The fourth-order valence-electron chi connectivity index (χ4n) is 2.02. The van der Waals surface area contributed by atoms with E-state index in [1.807, 2.05) is 83.2 Å². The zero-order valence-corrected chi connectivity index (χ0v) is 19.9. The van der Waals surface area contributed by atoms with Crippen molar-refractivity contribution in [2.75, 3.05) is 14.2 Å². The van der Waals surface area contributed by atoms with Crippen LogP contribution >= 0.6 is 0 Å². The molecular weight excluding hydrogens is 364 g/mol. The summed E-state index contributed by atoms with van der Waals surface area (Å²) in [4.78, 5) is 0. The third-order valence-electron chi connectivity index (χ3n) is 3.37. The first-order valence-electron chi connectivity index (χ1n) is 10.5. The second-order valence-electron chi connectivity index (χ2n) is 5.72. The molecule has 0 N–H and O–H groups in total. The third-order valence-corrected chi connectivity index (χ3v) is 3.37. The van der Waals surface area contributed by atoms with Crippen LogP contribution in [0.4, 0.5) is 0 Å². The third kappa shape index (κ3) is 17.2. The predicted molar refractivity (Wildman–Crippen MR) is 138 cm³/mol. The highest BCUT2D eigenvalue weighted by atomic mass is 16.4. The first-order chi connectivity index (χ1) is 14.7. The lowest BCUT2D eigenvalue weighted by Crippen LogP contribution is -1.73. The van der Waals surface area contributed by atoms with Crippen LogP contribution in [-0.2, 0) is 4.74 Å². The lowest BCUT2D eigenvalue weighted by atomic mass is 10.1. The first-order valence-corrected chi connectivity index (χ1v) is 10.5. The first kappa shape index (κ1) is 29.3. The van der Waals surface area contributed by atoms with Crippen molar-refractivity contribution < 1.29 is 4.74 Å². The highest BCUT2D eigenvalue weighted by Crippen LogP contribution is 2.17. The van der Waals surface area contributed by atoms with Gasteiger partial charge in [0.15, 0.2) is 0 Å². The van der Waals surface area contributed by atoms with E-state index in [9.17, 15) is 0 Å². The molecule has 0 aliphatic carbocycles.